The minimum absolute atomic E-state index is 0.0943. The number of carbonyl (C=O) groups excluding carboxylic acids is 1. The minimum atomic E-state index is -0.441. The Balaban J connectivity index is 0.000000278. The molecule has 6 N–H and O–H groups in total. The van der Waals surface area contributed by atoms with Gasteiger partial charge in [-0.05, 0) is 23.8 Å². The van der Waals surface area contributed by atoms with Gasteiger partial charge >= 0.3 is 6.01 Å². The van der Waals surface area contributed by atoms with Crippen molar-refractivity contribution in [2.75, 3.05) is 31.0 Å². The second kappa shape index (κ2) is 11.0. The summed E-state index contributed by atoms with van der Waals surface area (Å²) in [5.74, 6) is 0.0242. The van der Waals surface area contributed by atoms with Crippen LogP contribution in [0.15, 0.2) is 55.6 Å². The molecule has 0 unspecified atom stereocenters. The summed E-state index contributed by atoms with van der Waals surface area (Å²) in [5, 5.41) is 12.8. The number of nitrogen functional groups attached to an aromatic ring is 2. The predicted octanol–water partition coefficient (Wildman–Crippen LogP) is 3.59. The summed E-state index contributed by atoms with van der Waals surface area (Å²) < 4.78 is 9.58. The number of amides is 1. The van der Waals surface area contributed by atoms with E-state index in [-0.39, 0.29) is 23.0 Å². The standard InChI is InChI=1S/C17H16N2O2.C6H9N3O2/c1-3-11-10-14(16(20)15(18)13(11)4-2)17(21)19-12-8-6-5-7-9-12;1-10-5-3-4(7)8-6(9-5)11-2/h3-10,20H,1-2,18H2,(H,19,21);3H,1-2H3,(H2,7,8,9). The van der Waals surface area contributed by atoms with E-state index in [1.165, 1.54) is 32.4 Å². The van der Waals surface area contributed by atoms with Crippen LogP contribution in [0.3, 0.4) is 0 Å². The van der Waals surface area contributed by atoms with Crippen LogP contribution in [-0.2, 0) is 0 Å². The van der Waals surface area contributed by atoms with Crippen LogP contribution < -0.4 is 26.3 Å². The summed E-state index contributed by atoms with van der Waals surface area (Å²) in [6.07, 6.45) is 3.08. The smallest absolute Gasteiger partial charge is 0.321 e. The quantitative estimate of drug-likeness (QED) is 0.339. The second-order valence-corrected chi connectivity index (χ2v) is 6.24. The van der Waals surface area contributed by atoms with Crippen molar-refractivity contribution in [1.29, 1.82) is 0 Å². The molecule has 1 aromatic heterocycles. The summed E-state index contributed by atoms with van der Waals surface area (Å²) in [5.41, 5.74) is 13.3. The first kappa shape index (κ1) is 23.7. The second-order valence-electron chi connectivity index (χ2n) is 6.24. The molecule has 0 radical (unpaired) electrons. The number of anilines is 3. The molecule has 0 atom stereocenters. The lowest BCUT2D eigenvalue weighted by Gasteiger charge is -2.13. The van der Waals surface area contributed by atoms with Crippen molar-refractivity contribution in [3.8, 4) is 17.6 Å². The first-order chi connectivity index (χ1) is 15.3. The van der Waals surface area contributed by atoms with E-state index in [9.17, 15) is 9.90 Å². The molecular formula is C23H25N5O4. The number of carbonyl (C=O) groups is 1. The van der Waals surface area contributed by atoms with Gasteiger partial charge in [-0.3, -0.25) is 4.79 Å². The Morgan fingerprint density at radius 1 is 1.06 bits per heavy atom. The lowest BCUT2D eigenvalue weighted by molar-refractivity contribution is 0.102. The van der Waals surface area contributed by atoms with Crippen LogP contribution in [0, 0.1) is 0 Å². The molecule has 0 saturated heterocycles. The molecule has 0 fully saturated rings. The van der Waals surface area contributed by atoms with Crippen LogP contribution in [0.4, 0.5) is 17.2 Å². The number of phenols is 1. The normalized spacial score (nSPS) is 9.69. The molecule has 166 valence electrons. The summed E-state index contributed by atoms with van der Waals surface area (Å²) >= 11 is 0. The monoisotopic (exact) mass is 435 g/mol. The molecule has 32 heavy (non-hydrogen) atoms. The SMILES string of the molecule is C=Cc1cc(C(=O)Nc2ccccc2)c(O)c(N)c1C=C.COc1cc(N)nc(OC)n1. The number of aromatic nitrogens is 2. The number of nitrogens with one attached hydrogen (secondary N) is 1. The maximum Gasteiger partial charge on any atom is 0.321 e. The molecule has 0 aliphatic heterocycles. The summed E-state index contributed by atoms with van der Waals surface area (Å²) in [6.45, 7) is 7.32. The summed E-state index contributed by atoms with van der Waals surface area (Å²) in [6, 6.07) is 12.2. The number of nitrogens with two attached hydrogens (primary N) is 2. The van der Waals surface area contributed by atoms with E-state index in [1.54, 1.807) is 30.3 Å². The zero-order chi connectivity index (χ0) is 23.7. The number of para-hydroxylation sites is 1. The van der Waals surface area contributed by atoms with Gasteiger partial charge in [0.15, 0.2) is 5.75 Å². The fraction of sp³-hybridized carbons (Fsp3) is 0.0870. The third-order valence-corrected chi connectivity index (χ3v) is 4.21. The summed E-state index contributed by atoms with van der Waals surface area (Å²) in [4.78, 5) is 19.9. The summed E-state index contributed by atoms with van der Waals surface area (Å²) in [7, 11) is 2.97. The number of phenolic OH excluding ortho intramolecular Hbond substituents is 1. The van der Waals surface area contributed by atoms with Crippen LogP contribution in [0.5, 0.6) is 17.6 Å². The highest BCUT2D eigenvalue weighted by molar-refractivity contribution is 6.08. The van der Waals surface area contributed by atoms with Crippen molar-refractivity contribution in [2.45, 2.75) is 0 Å². The molecule has 0 bridgehead atoms. The lowest BCUT2D eigenvalue weighted by atomic mass is 9.99. The number of hydrogen-bond acceptors (Lipinski definition) is 8. The fourth-order valence-corrected chi connectivity index (χ4v) is 2.64. The Morgan fingerprint density at radius 3 is 2.31 bits per heavy atom. The molecule has 1 amide bonds. The van der Waals surface area contributed by atoms with Gasteiger partial charge in [-0.2, -0.15) is 9.97 Å². The highest BCUT2D eigenvalue weighted by Crippen LogP contribution is 2.33. The van der Waals surface area contributed by atoms with Crippen molar-refractivity contribution < 1.29 is 19.4 Å². The van der Waals surface area contributed by atoms with E-state index >= 15 is 0 Å². The Hall–Kier alpha value is -4.53. The van der Waals surface area contributed by atoms with Crippen molar-refractivity contribution in [3.05, 3.63) is 72.3 Å². The first-order valence-corrected chi connectivity index (χ1v) is 9.33. The molecular weight excluding hydrogens is 410 g/mol. The van der Waals surface area contributed by atoms with Crippen molar-refractivity contribution in [3.63, 3.8) is 0 Å². The maximum atomic E-state index is 12.3. The molecule has 0 aliphatic rings. The molecule has 3 rings (SSSR count). The number of benzene rings is 2. The number of nitrogens with zero attached hydrogens (tertiary/aromatic N) is 2. The average molecular weight is 435 g/mol. The van der Waals surface area contributed by atoms with E-state index in [1.807, 2.05) is 6.07 Å². The van der Waals surface area contributed by atoms with Crippen molar-refractivity contribution >= 4 is 35.3 Å². The van der Waals surface area contributed by atoms with Crippen LogP contribution >= 0.6 is 0 Å². The van der Waals surface area contributed by atoms with Gasteiger partial charge in [0.05, 0.1) is 25.5 Å². The number of aromatic hydroxyl groups is 1. The zero-order valence-corrected chi connectivity index (χ0v) is 17.8. The molecule has 1 heterocycles. The van der Waals surface area contributed by atoms with Crippen LogP contribution in [0.25, 0.3) is 12.2 Å². The van der Waals surface area contributed by atoms with Crippen LogP contribution in [-0.4, -0.2) is 35.2 Å². The van der Waals surface area contributed by atoms with Crippen LogP contribution in [0.2, 0.25) is 0 Å². The lowest BCUT2D eigenvalue weighted by Crippen LogP contribution is -2.13. The van der Waals surface area contributed by atoms with E-state index in [4.69, 9.17) is 20.9 Å². The van der Waals surface area contributed by atoms with Crippen molar-refractivity contribution in [2.24, 2.45) is 0 Å². The predicted molar refractivity (Wildman–Crippen MR) is 127 cm³/mol. The van der Waals surface area contributed by atoms with Gasteiger partial charge in [-0.15, -0.1) is 0 Å². The molecule has 9 heteroatoms. The van der Waals surface area contributed by atoms with Crippen LogP contribution in [0.1, 0.15) is 21.5 Å². The third-order valence-electron chi connectivity index (χ3n) is 4.21. The molecule has 9 nitrogen and oxygen atoms in total. The highest BCUT2D eigenvalue weighted by Gasteiger charge is 2.18. The van der Waals surface area contributed by atoms with Gasteiger partial charge in [0.2, 0.25) is 5.88 Å². The fourth-order valence-electron chi connectivity index (χ4n) is 2.64. The maximum absolute atomic E-state index is 12.3. The van der Waals surface area contributed by atoms with E-state index in [2.05, 4.69) is 28.4 Å². The van der Waals surface area contributed by atoms with Gasteiger partial charge < -0.3 is 31.4 Å². The third kappa shape index (κ3) is 5.76. The minimum Gasteiger partial charge on any atom is -0.505 e. The topological polar surface area (TPSA) is 146 Å². The Bertz CT molecular complexity index is 1090. The van der Waals surface area contributed by atoms with Gasteiger partial charge in [-0.1, -0.05) is 43.5 Å². The van der Waals surface area contributed by atoms with Gasteiger partial charge in [-0.25, -0.2) is 0 Å². The molecule has 0 saturated carbocycles. The Morgan fingerprint density at radius 2 is 1.75 bits per heavy atom. The van der Waals surface area contributed by atoms with E-state index in [0.717, 1.165) is 0 Å². The van der Waals surface area contributed by atoms with E-state index < -0.39 is 5.91 Å². The van der Waals surface area contributed by atoms with Gasteiger partial charge in [0, 0.05) is 17.3 Å². The number of rotatable bonds is 6. The number of ether oxygens (including phenoxy) is 2. The zero-order valence-electron chi connectivity index (χ0n) is 17.8. The molecule has 0 aliphatic carbocycles. The Labute approximate surface area is 186 Å². The van der Waals surface area contributed by atoms with Gasteiger partial charge in [0.25, 0.3) is 5.91 Å². The average Bonchev–Trinajstić information content (AvgIpc) is 2.81. The Kier molecular flexibility index (Phi) is 8.18. The van der Waals surface area contributed by atoms with Gasteiger partial charge in [0.1, 0.15) is 5.82 Å². The molecule has 3 aromatic rings. The molecule has 2 aromatic carbocycles. The first-order valence-electron chi connectivity index (χ1n) is 9.33. The largest absolute Gasteiger partial charge is 0.505 e. The number of methoxy groups -OCH3 is 2. The number of hydrogen-bond donors (Lipinski definition) is 4. The van der Waals surface area contributed by atoms with Crippen molar-refractivity contribution in [1.82, 2.24) is 9.97 Å². The van der Waals surface area contributed by atoms with E-state index in [0.29, 0.717) is 28.5 Å². The molecule has 0 spiro atoms. The highest BCUT2D eigenvalue weighted by atomic mass is 16.5.